The summed E-state index contributed by atoms with van der Waals surface area (Å²) in [6, 6.07) is 0.502. The van der Waals surface area contributed by atoms with Gasteiger partial charge in [-0.3, -0.25) is 0 Å². The smallest absolute Gasteiger partial charge is 0.314 e. The summed E-state index contributed by atoms with van der Waals surface area (Å²) in [6.45, 7) is 4.86. The summed E-state index contributed by atoms with van der Waals surface area (Å²) in [7, 11) is 0. The van der Waals surface area contributed by atoms with Gasteiger partial charge in [-0.15, -0.1) is 0 Å². The van der Waals surface area contributed by atoms with Crippen LogP contribution in [-0.4, -0.2) is 43.3 Å². The SMILES string of the molecule is CCCNC1CCN(CCC(F)(F)F)CC1. The van der Waals surface area contributed by atoms with Gasteiger partial charge in [0.2, 0.25) is 0 Å². The zero-order valence-electron chi connectivity index (χ0n) is 9.82. The predicted molar refractivity (Wildman–Crippen MR) is 58.4 cm³/mol. The molecule has 0 bridgehead atoms. The second-order valence-corrected chi connectivity index (χ2v) is 4.44. The van der Waals surface area contributed by atoms with Gasteiger partial charge in [-0.1, -0.05) is 6.92 Å². The van der Waals surface area contributed by atoms with E-state index in [1.54, 1.807) is 0 Å². The normalized spacial score (nSPS) is 20.2. The van der Waals surface area contributed by atoms with Gasteiger partial charge in [0.25, 0.3) is 0 Å². The Morgan fingerprint density at radius 2 is 1.88 bits per heavy atom. The Morgan fingerprint density at radius 3 is 2.38 bits per heavy atom. The van der Waals surface area contributed by atoms with Gasteiger partial charge >= 0.3 is 6.18 Å². The molecule has 96 valence electrons. The molecular weight excluding hydrogens is 217 g/mol. The fourth-order valence-electron chi connectivity index (χ4n) is 1.99. The molecule has 0 aromatic rings. The molecule has 1 aliphatic rings. The van der Waals surface area contributed by atoms with E-state index in [2.05, 4.69) is 12.2 Å². The lowest BCUT2D eigenvalue weighted by Crippen LogP contribution is -2.43. The first-order valence-corrected chi connectivity index (χ1v) is 6.04. The van der Waals surface area contributed by atoms with Gasteiger partial charge < -0.3 is 10.2 Å². The first-order chi connectivity index (χ1) is 7.51. The highest BCUT2D eigenvalue weighted by atomic mass is 19.4. The highest BCUT2D eigenvalue weighted by Gasteiger charge is 2.28. The molecule has 1 fully saturated rings. The molecule has 0 atom stereocenters. The van der Waals surface area contributed by atoms with Crippen molar-refractivity contribution in [1.82, 2.24) is 10.2 Å². The largest absolute Gasteiger partial charge is 0.390 e. The molecule has 5 heteroatoms. The van der Waals surface area contributed by atoms with Crippen LogP contribution in [0, 0.1) is 0 Å². The van der Waals surface area contributed by atoms with Crippen molar-refractivity contribution in [3.8, 4) is 0 Å². The molecule has 1 rings (SSSR count). The molecule has 0 aromatic carbocycles. The number of likely N-dealkylation sites (tertiary alicyclic amines) is 1. The third-order valence-electron chi connectivity index (χ3n) is 2.98. The van der Waals surface area contributed by atoms with Crippen molar-refractivity contribution in [3.63, 3.8) is 0 Å². The van der Waals surface area contributed by atoms with E-state index in [1.807, 2.05) is 4.90 Å². The maximum Gasteiger partial charge on any atom is 0.390 e. The van der Waals surface area contributed by atoms with Crippen LogP contribution in [-0.2, 0) is 0 Å². The van der Waals surface area contributed by atoms with Crippen LogP contribution in [0.1, 0.15) is 32.6 Å². The molecule has 1 heterocycles. The van der Waals surface area contributed by atoms with Crippen molar-refractivity contribution in [2.24, 2.45) is 0 Å². The van der Waals surface area contributed by atoms with Gasteiger partial charge in [0, 0.05) is 12.6 Å². The average molecular weight is 238 g/mol. The van der Waals surface area contributed by atoms with Gasteiger partial charge in [0.1, 0.15) is 0 Å². The van der Waals surface area contributed by atoms with E-state index in [0.29, 0.717) is 6.04 Å². The molecule has 1 N–H and O–H groups in total. The highest BCUT2D eigenvalue weighted by molar-refractivity contribution is 4.77. The predicted octanol–water partition coefficient (Wildman–Crippen LogP) is 2.40. The standard InChI is InChI=1S/C11H21F3N2/c1-2-6-15-10-3-7-16(8-4-10)9-5-11(12,13)14/h10,15H,2-9H2,1H3. The fraction of sp³-hybridized carbons (Fsp3) is 1.00. The van der Waals surface area contributed by atoms with E-state index in [0.717, 1.165) is 38.9 Å². The quantitative estimate of drug-likeness (QED) is 0.791. The van der Waals surface area contributed by atoms with Crippen molar-refractivity contribution >= 4 is 0 Å². The van der Waals surface area contributed by atoms with E-state index < -0.39 is 12.6 Å². The van der Waals surface area contributed by atoms with Gasteiger partial charge in [-0.2, -0.15) is 13.2 Å². The molecule has 1 aliphatic heterocycles. The van der Waals surface area contributed by atoms with Crippen LogP contribution in [0.4, 0.5) is 13.2 Å². The summed E-state index contributed by atoms with van der Waals surface area (Å²) in [5, 5.41) is 3.42. The second-order valence-electron chi connectivity index (χ2n) is 4.44. The number of hydrogen-bond acceptors (Lipinski definition) is 2. The summed E-state index contributed by atoms with van der Waals surface area (Å²) in [5.41, 5.74) is 0. The Hall–Kier alpha value is -0.290. The number of nitrogens with one attached hydrogen (secondary N) is 1. The molecule has 0 unspecified atom stereocenters. The summed E-state index contributed by atoms with van der Waals surface area (Å²) in [6.07, 6.45) is -1.65. The van der Waals surface area contributed by atoms with Gasteiger partial charge in [0.15, 0.2) is 0 Å². The third-order valence-corrected chi connectivity index (χ3v) is 2.98. The van der Waals surface area contributed by atoms with Crippen molar-refractivity contribution in [2.45, 2.75) is 44.8 Å². The Bertz CT molecular complexity index is 186. The van der Waals surface area contributed by atoms with Crippen molar-refractivity contribution in [1.29, 1.82) is 0 Å². The van der Waals surface area contributed by atoms with E-state index >= 15 is 0 Å². The van der Waals surface area contributed by atoms with Gasteiger partial charge in [-0.25, -0.2) is 0 Å². The lowest BCUT2D eigenvalue weighted by atomic mass is 10.0. The summed E-state index contributed by atoms with van der Waals surface area (Å²) in [5.74, 6) is 0. The molecule has 0 aromatic heterocycles. The second kappa shape index (κ2) is 6.45. The van der Waals surface area contributed by atoms with Crippen LogP contribution in [0.15, 0.2) is 0 Å². The first-order valence-electron chi connectivity index (χ1n) is 6.04. The number of rotatable bonds is 5. The van der Waals surface area contributed by atoms with Crippen molar-refractivity contribution in [2.75, 3.05) is 26.2 Å². The number of alkyl halides is 3. The van der Waals surface area contributed by atoms with Crippen LogP contribution in [0.3, 0.4) is 0 Å². The fourth-order valence-corrected chi connectivity index (χ4v) is 1.99. The monoisotopic (exact) mass is 238 g/mol. The average Bonchev–Trinajstić information content (AvgIpc) is 2.24. The summed E-state index contributed by atoms with van der Waals surface area (Å²) >= 11 is 0. The summed E-state index contributed by atoms with van der Waals surface area (Å²) in [4.78, 5) is 1.91. The van der Waals surface area contributed by atoms with Crippen molar-refractivity contribution < 1.29 is 13.2 Å². The topological polar surface area (TPSA) is 15.3 Å². The maximum atomic E-state index is 12.0. The molecule has 0 spiro atoms. The minimum atomic E-state index is -4.02. The lowest BCUT2D eigenvalue weighted by Gasteiger charge is -2.32. The van der Waals surface area contributed by atoms with Gasteiger partial charge in [0.05, 0.1) is 6.42 Å². The van der Waals surface area contributed by atoms with Crippen LogP contribution in [0.5, 0.6) is 0 Å². The van der Waals surface area contributed by atoms with E-state index in [1.165, 1.54) is 0 Å². The molecule has 0 amide bonds. The Kier molecular flexibility index (Phi) is 5.55. The zero-order valence-corrected chi connectivity index (χ0v) is 9.82. The van der Waals surface area contributed by atoms with Crippen LogP contribution < -0.4 is 5.32 Å². The molecule has 0 saturated carbocycles. The Morgan fingerprint density at radius 1 is 1.25 bits per heavy atom. The number of hydrogen-bond donors (Lipinski definition) is 1. The van der Waals surface area contributed by atoms with Crippen LogP contribution in [0.25, 0.3) is 0 Å². The highest BCUT2D eigenvalue weighted by Crippen LogP contribution is 2.21. The van der Waals surface area contributed by atoms with Crippen LogP contribution in [0.2, 0.25) is 0 Å². The number of piperidine rings is 1. The lowest BCUT2D eigenvalue weighted by molar-refractivity contribution is -0.138. The molecule has 1 saturated heterocycles. The van der Waals surface area contributed by atoms with E-state index in [4.69, 9.17) is 0 Å². The molecule has 0 aliphatic carbocycles. The number of nitrogens with zero attached hydrogens (tertiary/aromatic N) is 1. The van der Waals surface area contributed by atoms with E-state index in [-0.39, 0.29) is 6.54 Å². The minimum Gasteiger partial charge on any atom is -0.314 e. The summed E-state index contributed by atoms with van der Waals surface area (Å²) < 4.78 is 36.0. The number of halogens is 3. The Balaban J connectivity index is 2.12. The van der Waals surface area contributed by atoms with E-state index in [9.17, 15) is 13.2 Å². The molecule has 2 nitrogen and oxygen atoms in total. The first kappa shape index (κ1) is 13.8. The zero-order chi connectivity index (χ0) is 12.0. The Labute approximate surface area is 95.2 Å². The maximum absolute atomic E-state index is 12.0. The molecule has 16 heavy (non-hydrogen) atoms. The van der Waals surface area contributed by atoms with Crippen molar-refractivity contribution in [3.05, 3.63) is 0 Å². The van der Waals surface area contributed by atoms with Gasteiger partial charge in [-0.05, 0) is 38.9 Å². The van der Waals surface area contributed by atoms with Crippen LogP contribution >= 0.6 is 0 Å². The molecule has 0 radical (unpaired) electrons. The minimum absolute atomic E-state index is 0.157. The third kappa shape index (κ3) is 5.70. The molecular formula is C11H21F3N2.